The van der Waals surface area contributed by atoms with Gasteiger partial charge in [0, 0.05) is 146 Å². The second-order valence-corrected chi connectivity index (χ2v) is 43.3. The average Bonchev–Trinajstić information content (AvgIpc) is 0.948. The predicted octanol–water partition coefficient (Wildman–Crippen LogP) is 19.1. The number of carbonyl (C=O) groups is 2. The van der Waals surface area contributed by atoms with Crippen molar-refractivity contribution < 1.29 is 55.2 Å². The molecule has 132 heavy (non-hydrogen) atoms. The van der Waals surface area contributed by atoms with Crippen LogP contribution >= 0.6 is 23.2 Å². The number of nitrogens with zero attached hydrogens (tertiary/aromatic N) is 10. The number of nitro benzene ring substituents is 2. The number of piperidine rings is 2. The number of sulfonamides is 2. The Morgan fingerprint density at radius 3 is 1.31 bits per heavy atom. The fourth-order valence-electron chi connectivity index (χ4n) is 19.7. The van der Waals surface area contributed by atoms with Crippen molar-refractivity contribution in [2.75, 3.05) is 128 Å². The molecule has 10 aromatic rings. The maximum absolute atomic E-state index is 14.1. The summed E-state index contributed by atoms with van der Waals surface area (Å²) in [6.07, 6.45) is 21.3. The van der Waals surface area contributed by atoms with Crippen LogP contribution in [0.4, 0.5) is 22.7 Å². The molecule has 6 aliphatic heterocycles. The molecule has 0 radical (unpaired) electrons. The maximum atomic E-state index is 14.1. The van der Waals surface area contributed by atoms with Crippen LogP contribution in [-0.4, -0.2) is 196 Å². The Bertz CT molecular complexity index is 6290. The van der Waals surface area contributed by atoms with E-state index < -0.39 is 51.5 Å². The van der Waals surface area contributed by atoms with Crippen molar-refractivity contribution in [3.05, 3.63) is 233 Å². The van der Waals surface area contributed by atoms with Gasteiger partial charge in [0.2, 0.25) is 0 Å². The Hall–Kier alpha value is -11.0. The van der Waals surface area contributed by atoms with Crippen LogP contribution in [0.15, 0.2) is 179 Å². The van der Waals surface area contributed by atoms with Gasteiger partial charge in [-0.15, -0.1) is 0 Å². The minimum atomic E-state index is -4.62. The van der Waals surface area contributed by atoms with E-state index in [-0.39, 0.29) is 68.2 Å². The van der Waals surface area contributed by atoms with Gasteiger partial charge < -0.3 is 48.5 Å². The fraction of sp³-hybridized carbons (Fsp3) is 0.440. The minimum absolute atomic E-state index is 0.0349. The number of carbonyl (C=O) groups excluding carboxylic acids is 2. The van der Waals surface area contributed by atoms with E-state index in [1.807, 2.05) is 36.4 Å². The number of amides is 2. The number of benzene rings is 6. The van der Waals surface area contributed by atoms with Gasteiger partial charge >= 0.3 is 0 Å². The summed E-state index contributed by atoms with van der Waals surface area (Å²) in [6, 6.07) is 38.5. The first-order valence-corrected chi connectivity index (χ1v) is 49.8. The lowest BCUT2D eigenvalue weighted by Crippen LogP contribution is -2.47. The monoisotopic (exact) mass is 1870 g/mol. The molecule has 2 aliphatic carbocycles. The van der Waals surface area contributed by atoms with E-state index in [1.165, 1.54) is 77.2 Å². The topological polar surface area (TPSA) is 326 Å². The van der Waals surface area contributed by atoms with E-state index in [0.717, 1.165) is 213 Å². The number of halogens is 2. The molecular weight excluding hydrogens is 1760 g/mol. The molecule has 2 atom stereocenters. The molecule has 10 heterocycles. The van der Waals surface area contributed by atoms with Gasteiger partial charge in [0.1, 0.15) is 45.8 Å². The summed E-state index contributed by atoms with van der Waals surface area (Å²) in [5.41, 5.74) is 11.9. The molecule has 4 fully saturated rings. The molecule has 696 valence electrons. The van der Waals surface area contributed by atoms with Crippen molar-refractivity contribution in [3.63, 3.8) is 0 Å². The normalized spacial score (nSPS) is 19.7. The van der Waals surface area contributed by atoms with Crippen molar-refractivity contribution in [3.8, 4) is 34.5 Å². The molecule has 0 spiro atoms. The quantitative estimate of drug-likeness (QED) is 0.0289. The standard InChI is InChI=1S/C51H60ClN7O7S.C49H56ClN7O7S/c1-50(2)15-19-56(20-16-50)18-13-34-25-43-45(59(61)62)28-41(29-46(43)65-33-34)67(63,64)55-49(60)42-10-9-39(27-47(42)66-40-26-36-12-17-53-48(36)54-31-40)58-23-21-57(22-24-58)32-37-11-14-51(3,4)30-44(37)35-5-7-38(52)8-6-35;1-49(2)15-12-36(43(29-49)34-6-8-37(50)9-7-34)31-55-20-22-56(23-21-55)38-10-11-41(46(26-38)64-39-25-35-13-16-51-47(35)52-30-39)48(58)53-65(61,62)40-27-44(57(59)60)42-24-33(32-63-45(42)28-40)14-19-54-17-4-3-5-18-54/h5-10,12,17,26-29,31,34H,11,13-16,18-25,30,32-33H2,1-4H3,(H,53,54)(H,55,60);6-11,13,16,25-28,30,33H,3-5,12,14-15,17-24,29,31-32H2,1-2H3,(H,51,52)(H,53,58)/t34-;33-/m11/s1. The molecule has 0 unspecified atom stereocenters. The molecule has 0 saturated carbocycles. The number of rotatable bonds is 26. The molecule has 4 saturated heterocycles. The number of piperazine rings is 2. The molecule has 6 aromatic carbocycles. The molecule has 32 heteroatoms. The van der Waals surface area contributed by atoms with Gasteiger partial charge in [-0.3, -0.25) is 39.6 Å². The van der Waals surface area contributed by atoms with Gasteiger partial charge in [0.25, 0.3) is 43.2 Å². The molecule has 4 aromatic heterocycles. The van der Waals surface area contributed by atoms with Crippen molar-refractivity contribution in [1.29, 1.82) is 0 Å². The van der Waals surface area contributed by atoms with E-state index in [1.54, 1.807) is 60.9 Å². The van der Waals surface area contributed by atoms with Crippen LogP contribution in [0.25, 0.3) is 33.2 Å². The van der Waals surface area contributed by atoms with Crippen LogP contribution in [0.1, 0.15) is 168 Å². The van der Waals surface area contributed by atoms with E-state index in [9.17, 15) is 46.7 Å². The highest BCUT2D eigenvalue weighted by atomic mass is 35.5. The van der Waals surface area contributed by atoms with Gasteiger partial charge in [-0.25, -0.2) is 36.2 Å². The molecule has 18 rings (SSSR count). The number of allylic oxidation sites excluding steroid dienone is 2. The lowest BCUT2D eigenvalue weighted by atomic mass is 9.72. The summed E-state index contributed by atoms with van der Waals surface area (Å²) >= 11 is 12.5. The first kappa shape index (κ1) is 92.9. The van der Waals surface area contributed by atoms with Crippen LogP contribution in [0.2, 0.25) is 10.0 Å². The van der Waals surface area contributed by atoms with Crippen LogP contribution in [0.3, 0.4) is 0 Å². The summed E-state index contributed by atoms with van der Waals surface area (Å²) in [4.78, 5) is 80.3. The number of H-pyrrole nitrogens is 2. The number of nitro groups is 2. The molecule has 0 bridgehead atoms. The number of fused-ring (bicyclic) bond motifs is 4. The first-order chi connectivity index (χ1) is 63.2. The number of likely N-dealkylation sites (tertiary alicyclic amines) is 2. The van der Waals surface area contributed by atoms with Crippen LogP contribution < -0.4 is 38.2 Å². The van der Waals surface area contributed by atoms with Crippen molar-refractivity contribution >= 4 is 111 Å². The fourth-order valence-corrected chi connectivity index (χ4v) is 22.0. The minimum Gasteiger partial charge on any atom is -0.493 e. The van der Waals surface area contributed by atoms with Crippen LogP contribution in [0, 0.1) is 48.3 Å². The van der Waals surface area contributed by atoms with Crippen LogP contribution in [0.5, 0.6) is 34.5 Å². The summed E-state index contributed by atoms with van der Waals surface area (Å²) in [5.74, 6) is -0.549. The number of nitrogens with one attached hydrogen (secondary N) is 4. The molecule has 4 N–H and O–H groups in total. The van der Waals surface area contributed by atoms with Crippen molar-refractivity contribution in [2.45, 2.75) is 148 Å². The number of anilines is 2. The predicted molar refractivity (Wildman–Crippen MR) is 514 cm³/mol. The van der Waals surface area contributed by atoms with Crippen LogP contribution in [-0.2, 0) is 32.9 Å². The Labute approximate surface area is 781 Å². The van der Waals surface area contributed by atoms with Gasteiger partial charge in [-0.05, 0) is 252 Å². The molecule has 2 amide bonds. The zero-order valence-corrected chi connectivity index (χ0v) is 78.9. The largest absolute Gasteiger partial charge is 0.493 e. The second kappa shape index (κ2) is 39.3. The Morgan fingerprint density at radius 1 is 0.492 bits per heavy atom. The van der Waals surface area contributed by atoms with E-state index >= 15 is 0 Å². The van der Waals surface area contributed by atoms with Gasteiger partial charge in [0.15, 0.2) is 0 Å². The molecule has 8 aliphatic rings. The zero-order chi connectivity index (χ0) is 92.4. The lowest BCUT2D eigenvalue weighted by Gasteiger charge is -2.39. The van der Waals surface area contributed by atoms with Crippen molar-refractivity contribution in [2.24, 2.45) is 28.1 Å². The van der Waals surface area contributed by atoms with Gasteiger partial charge in [-0.2, -0.15) is 0 Å². The SMILES string of the molecule is CC1(C)CCC(CN2CCN(c3ccc(C(=O)NS(=O)(=O)c4cc5c(c([N+](=O)[O-])c4)C[C@@H](CCN4CCCCC4)CO5)c(Oc4cnc5[nH]ccc5c4)c3)CC2)=C(c2ccc(Cl)cc2)C1.CC1(C)CCN(CC[C@H]2COc3cc(S(=O)(=O)NC(=O)c4ccc(N5CCN(CC6=C(c7ccc(Cl)cc7)CC(C)(C)CC6)CC5)cc4Oc4cnc5[nH]ccc5c4)cc([N+](=O)[O-])c3C2)CC1. The first-order valence-electron chi connectivity index (χ1n) is 46.1. The number of pyridine rings is 2. The molecule has 28 nitrogen and oxygen atoms in total. The second-order valence-electron chi connectivity index (χ2n) is 39.1. The third kappa shape index (κ3) is 22.2. The highest BCUT2D eigenvalue weighted by Gasteiger charge is 2.39. The summed E-state index contributed by atoms with van der Waals surface area (Å²) in [6.45, 7) is 28.4. The number of aromatic nitrogens is 4. The van der Waals surface area contributed by atoms with E-state index in [4.69, 9.17) is 42.1 Å². The third-order valence-electron chi connectivity index (χ3n) is 27.8. The molecular formula is C100H116Cl2N14O14S2. The van der Waals surface area contributed by atoms with Gasteiger partial charge in [-0.1, -0.05) is 107 Å². The van der Waals surface area contributed by atoms with Crippen molar-refractivity contribution in [1.82, 2.24) is 49.0 Å². The number of ether oxygens (including phenoxy) is 4. The lowest BCUT2D eigenvalue weighted by molar-refractivity contribution is -0.386. The average molecular weight is 1870 g/mol. The Kier molecular flexibility index (Phi) is 27.7. The Balaban J connectivity index is 0.000000184. The summed E-state index contributed by atoms with van der Waals surface area (Å²) in [7, 11) is -9.24. The number of aromatic amines is 2. The number of hydrogen-bond donors (Lipinski definition) is 4. The smallest absolute Gasteiger partial charge is 0.277 e. The summed E-state index contributed by atoms with van der Waals surface area (Å²) < 4.78 is 85.0. The Morgan fingerprint density at radius 2 is 0.902 bits per heavy atom. The van der Waals surface area contributed by atoms with E-state index in [2.05, 4.69) is 125 Å². The van der Waals surface area contributed by atoms with Gasteiger partial charge in [0.05, 0.1) is 67.5 Å². The van der Waals surface area contributed by atoms with E-state index in [0.29, 0.717) is 65.4 Å². The third-order valence-corrected chi connectivity index (χ3v) is 30.9. The maximum Gasteiger partial charge on any atom is 0.277 e. The summed E-state index contributed by atoms with van der Waals surface area (Å²) in [5, 5.41) is 27.9. The highest BCUT2D eigenvalue weighted by Crippen LogP contribution is 2.48. The number of hydrogen-bond acceptors (Lipinski definition) is 22. The highest BCUT2D eigenvalue weighted by molar-refractivity contribution is 7.90. The zero-order valence-electron chi connectivity index (χ0n) is 75.8.